The molecule has 0 saturated carbocycles. The summed E-state index contributed by atoms with van der Waals surface area (Å²) >= 11 is 0. The summed E-state index contributed by atoms with van der Waals surface area (Å²) in [5.41, 5.74) is 4.37. The average molecular weight is 899 g/mol. The molecule has 0 amide bonds. The van der Waals surface area contributed by atoms with Crippen molar-refractivity contribution in [1.29, 1.82) is 0 Å². The average Bonchev–Trinajstić information content (AvgIpc) is 3.11. The van der Waals surface area contributed by atoms with E-state index in [1.165, 1.54) is 0 Å². The lowest BCUT2D eigenvalue weighted by atomic mass is 9.75. The summed E-state index contributed by atoms with van der Waals surface area (Å²) in [5, 5.41) is 0. The van der Waals surface area contributed by atoms with Gasteiger partial charge in [0.25, 0.3) is 0 Å². The number of methoxy groups -OCH3 is 2. The van der Waals surface area contributed by atoms with Gasteiger partial charge in [-0.15, -0.1) is 0 Å². The Morgan fingerprint density at radius 3 is 1.11 bits per heavy atom. The minimum atomic E-state index is -2.27. The summed E-state index contributed by atoms with van der Waals surface area (Å²) in [6.45, 7) is 44.5. The molecule has 0 bridgehead atoms. The van der Waals surface area contributed by atoms with Crippen LogP contribution < -0.4 is 27.8 Å². The highest BCUT2D eigenvalue weighted by molar-refractivity contribution is 7.43. The zero-order valence-electron chi connectivity index (χ0n) is 43.5. The van der Waals surface area contributed by atoms with Gasteiger partial charge in [-0.1, -0.05) is 137 Å². The topological polar surface area (TPSA) is 81.7 Å². The van der Waals surface area contributed by atoms with Crippen molar-refractivity contribution in [2.75, 3.05) is 14.2 Å². The molecule has 0 saturated heterocycles. The molecule has 8 nitrogen and oxygen atoms in total. The standard InChI is InChI=1S/C55H79O8P/c1-49(2,3)34-28-38(46(42(30-34)53(13,14)15)59-48(56)60-55(19,20)21)39-29-35(50(4,5)6)31-43(54(16,17)18)47(39)63-64(61-44-26-24-36(57-22)32-40(44)51(7,8)9)62-45-27-25-37(58-23)33-41(45)52(10,11)12/h24-33H,1-23H3. The van der Waals surface area contributed by atoms with Crippen LogP contribution in [0.15, 0.2) is 60.7 Å². The summed E-state index contributed by atoms with van der Waals surface area (Å²) in [4.78, 5) is 13.9. The lowest BCUT2D eigenvalue weighted by molar-refractivity contribution is 0.0204. The summed E-state index contributed by atoms with van der Waals surface area (Å²) in [7, 11) is 1.06. The Balaban J connectivity index is 2.24. The molecular weight excluding hydrogens is 820 g/mol. The van der Waals surface area contributed by atoms with Gasteiger partial charge in [0.1, 0.15) is 40.1 Å². The molecule has 0 spiro atoms. The lowest BCUT2D eigenvalue weighted by Crippen LogP contribution is -2.27. The number of rotatable bonds is 10. The number of ether oxygens (including phenoxy) is 4. The van der Waals surface area contributed by atoms with E-state index in [1.54, 1.807) is 14.2 Å². The van der Waals surface area contributed by atoms with Crippen LogP contribution in [0.2, 0.25) is 0 Å². The van der Waals surface area contributed by atoms with Gasteiger partial charge in [-0.3, -0.25) is 0 Å². The molecule has 0 aliphatic carbocycles. The molecule has 0 heterocycles. The van der Waals surface area contributed by atoms with Crippen LogP contribution in [0.5, 0.6) is 34.5 Å². The van der Waals surface area contributed by atoms with Crippen LogP contribution in [0, 0.1) is 0 Å². The van der Waals surface area contributed by atoms with Crippen molar-refractivity contribution in [2.24, 2.45) is 0 Å². The van der Waals surface area contributed by atoms with Crippen LogP contribution in [0.1, 0.15) is 179 Å². The fourth-order valence-electron chi connectivity index (χ4n) is 7.10. The molecule has 0 fully saturated rings. The van der Waals surface area contributed by atoms with Gasteiger partial charge >= 0.3 is 14.8 Å². The minimum Gasteiger partial charge on any atom is -0.497 e. The Bertz CT molecular complexity index is 2220. The van der Waals surface area contributed by atoms with E-state index < -0.39 is 31.2 Å². The van der Waals surface area contributed by atoms with Crippen LogP contribution >= 0.6 is 8.60 Å². The maximum atomic E-state index is 13.9. The zero-order valence-corrected chi connectivity index (χ0v) is 44.4. The highest BCUT2D eigenvalue weighted by atomic mass is 31.2. The third-order valence-electron chi connectivity index (χ3n) is 10.9. The SMILES string of the molecule is COc1ccc(OP(Oc2ccc(OC)cc2C(C)(C)C)Oc2c(-c3cc(C(C)(C)C)cc(C(C)(C)C)c3OC(=O)OC(C)(C)C)cc(C(C)(C)C)cc2C(C)(C)C)c(C(C)(C)C)c1. The first-order chi connectivity index (χ1) is 28.9. The Hall–Kier alpha value is -4.42. The monoisotopic (exact) mass is 899 g/mol. The molecule has 4 aromatic rings. The Morgan fingerprint density at radius 2 is 0.781 bits per heavy atom. The van der Waals surface area contributed by atoms with Crippen molar-refractivity contribution in [3.05, 3.63) is 94.0 Å². The highest BCUT2D eigenvalue weighted by Crippen LogP contribution is 2.55. The molecular formula is C55H79O8P. The van der Waals surface area contributed by atoms with Crippen molar-refractivity contribution >= 4 is 14.8 Å². The first-order valence-electron chi connectivity index (χ1n) is 22.4. The van der Waals surface area contributed by atoms with Crippen LogP contribution in [-0.2, 0) is 37.2 Å². The van der Waals surface area contributed by atoms with Crippen LogP contribution in [0.25, 0.3) is 11.1 Å². The molecule has 0 aliphatic heterocycles. The van der Waals surface area contributed by atoms with Crippen molar-refractivity contribution in [3.8, 4) is 45.6 Å². The number of hydrogen-bond acceptors (Lipinski definition) is 8. The number of benzene rings is 4. The Labute approximate surface area is 388 Å². The lowest BCUT2D eigenvalue weighted by Gasteiger charge is -2.33. The Kier molecular flexibility index (Phi) is 15.1. The Morgan fingerprint density at radius 1 is 0.422 bits per heavy atom. The normalized spacial score (nSPS) is 13.1. The van der Waals surface area contributed by atoms with E-state index in [0.717, 1.165) is 50.4 Å². The molecule has 0 atom stereocenters. The second-order valence-electron chi connectivity index (χ2n) is 24.1. The molecule has 4 rings (SSSR count). The third-order valence-corrected chi connectivity index (χ3v) is 11.9. The van der Waals surface area contributed by atoms with Crippen molar-refractivity contribution in [2.45, 2.75) is 183 Å². The van der Waals surface area contributed by atoms with Gasteiger partial charge in [0.15, 0.2) is 0 Å². The fraction of sp³-hybridized carbons (Fsp3) is 0.545. The van der Waals surface area contributed by atoms with Crippen molar-refractivity contribution in [3.63, 3.8) is 0 Å². The van der Waals surface area contributed by atoms with Gasteiger partial charge in [0, 0.05) is 33.4 Å². The predicted octanol–water partition coefficient (Wildman–Crippen LogP) is 16.2. The van der Waals surface area contributed by atoms with E-state index in [2.05, 4.69) is 149 Å². The van der Waals surface area contributed by atoms with Crippen molar-refractivity contribution < 1.29 is 37.3 Å². The van der Waals surface area contributed by atoms with E-state index in [9.17, 15) is 4.79 Å². The van der Waals surface area contributed by atoms with Crippen molar-refractivity contribution in [1.82, 2.24) is 0 Å². The summed E-state index contributed by atoms with van der Waals surface area (Å²) in [5.74, 6) is 3.61. The third kappa shape index (κ3) is 13.1. The quantitative estimate of drug-likeness (QED) is 0.0884. The summed E-state index contributed by atoms with van der Waals surface area (Å²) in [6, 6.07) is 20.4. The molecule has 352 valence electrons. The maximum absolute atomic E-state index is 13.9. The first-order valence-corrected chi connectivity index (χ1v) is 23.5. The fourth-order valence-corrected chi connectivity index (χ4v) is 8.19. The second-order valence-corrected chi connectivity index (χ2v) is 25.1. The minimum absolute atomic E-state index is 0.275. The molecule has 0 unspecified atom stereocenters. The zero-order chi connectivity index (χ0) is 48.8. The predicted molar refractivity (Wildman–Crippen MR) is 266 cm³/mol. The number of hydrogen-bond donors (Lipinski definition) is 0. The van der Waals surface area contributed by atoms with E-state index in [-0.39, 0.29) is 21.7 Å². The summed E-state index contributed by atoms with van der Waals surface area (Å²) in [6.07, 6.45) is -0.786. The number of carbonyl (C=O) groups excluding carboxylic acids is 1. The molecule has 64 heavy (non-hydrogen) atoms. The van der Waals surface area contributed by atoms with Gasteiger partial charge in [-0.2, -0.15) is 0 Å². The molecule has 4 aromatic carbocycles. The van der Waals surface area contributed by atoms with E-state index in [1.807, 2.05) is 57.2 Å². The van der Waals surface area contributed by atoms with Crippen LogP contribution in [0.4, 0.5) is 4.79 Å². The van der Waals surface area contributed by atoms with Gasteiger partial charge in [0.05, 0.1) is 14.2 Å². The van der Waals surface area contributed by atoms with E-state index in [4.69, 9.17) is 32.5 Å². The number of carbonyl (C=O) groups is 1. The van der Waals surface area contributed by atoms with Gasteiger partial charge in [-0.05, 0) is 113 Å². The maximum Gasteiger partial charge on any atom is 0.530 e. The van der Waals surface area contributed by atoms with Gasteiger partial charge < -0.3 is 32.5 Å². The molecule has 0 radical (unpaired) electrons. The van der Waals surface area contributed by atoms with Gasteiger partial charge in [0.2, 0.25) is 0 Å². The smallest absolute Gasteiger partial charge is 0.497 e. The molecule has 0 aliphatic rings. The molecule has 0 N–H and O–H groups in total. The van der Waals surface area contributed by atoms with E-state index >= 15 is 0 Å². The van der Waals surface area contributed by atoms with Crippen LogP contribution in [0.3, 0.4) is 0 Å². The first kappa shape index (κ1) is 52.2. The summed E-state index contributed by atoms with van der Waals surface area (Å²) < 4.78 is 45.3. The largest absolute Gasteiger partial charge is 0.530 e. The second kappa shape index (κ2) is 18.5. The van der Waals surface area contributed by atoms with Crippen LogP contribution in [-0.4, -0.2) is 26.0 Å². The van der Waals surface area contributed by atoms with Gasteiger partial charge in [-0.25, -0.2) is 4.79 Å². The van der Waals surface area contributed by atoms with E-state index in [0.29, 0.717) is 28.6 Å². The highest BCUT2D eigenvalue weighted by Gasteiger charge is 2.37. The molecule has 0 aromatic heterocycles. The molecule has 9 heteroatoms.